The first kappa shape index (κ1) is 14.8. The van der Waals surface area contributed by atoms with Crippen molar-refractivity contribution >= 4 is 11.6 Å². The van der Waals surface area contributed by atoms with E-state index in [2.05, 4.69) is 10.3 Å². The van der Waals surface area contributed by atoms with Gasteiger partial charge in [-0.3, -0.25) is 19.7 Å². The summed E-state index contributed by atoms with van der Waals surface area (Å²) in [7, 11) is 0. The van der Waals surface area contributed by atoms with Crippen LogP contribution < -0.4 is 10.9 Å². The van der Waals surface area contributed by atoms with Gasteiger partial charge in [0.15, 0.2) is 0 Å². The maximum atomic E-state index is 11.8. The Morgan fingerprint density at radius 3 is 2.84 bits per heavy atom. The molecule has 3 N–H and O–H groups in total. The summed E-state index contributed by atoms with van der Waals surface area (Å²) < 4.78 is 0. The minimum atomic E-state index is -0.697. The van der Waals surface area contributed by atoms with Gasteiger partial charge in [-0.05, 0) is 12.8 Å². The number of rotatable bonds is 6. The molecule has 1 aromatic heterocycles. The second-order valence-corrected chi connectivity index (χ2v) is 3.95. The molecule has 8 nitrogen and oxygen atoms in total. The number of nitrogens with zero attached hydrogens (tertiary/aromatic N) is 1. The van der Waals surface area contributed by atoms with Crippen LogP contribution in [0.25, 0.3) is 0 Å². The van der Waals surface area contributed by atoms with Crippen LogP contribution in [0.2, 0.25) is 0 Å². The Morgan fingerprint density at radius 1 is 1.63 bits per heavy atom. The topological polar surface area (TPSA) is 125 Å². The summed E-state index contributed by atoms with van der Waals surface area (Å²) in [6.45, 7) is 1.72. The zero-order valence-corrected chi connectivity index (χ0v) is 10.4. The number of aliphatic hydroxyl groups is 1. The number of carbonyl (C=O) groups excluding carboxylic acids is 1. The van der Waals surface area contributed by atoms with Gasteiger partial charge in [-0.15, -0.1) is 0 Å². The van der Waals surface area contributed by atoms with Crippen LogP contribution in [0, 0.1) is 10.1 Å². The molecule has 0 spiro atoms. The number of H-pyrrole nitrogens is 1. The van der Waals surface area contributed by atoms with Crippen molar-refractivity contribution in [3.05, 3.63) is 38.3 Å². The minimum absolute atomic E-state index is 0.0932. The Labute approximate surface area is 108 Å². The summed E-state index contributed by atoms with van der Waals surface area (Å²) in [4.78, 5) is 35.4. The van der Waals surface area contributed by atoms with Crippen LogP contribution in [0.4, 0.5) is 5.69 Å². The molecule has 0 aliphatic carbocycles. The lowest BCUT2D eigenvalue weighted by atomic mass is 10.1. The number of nitro groups is 1. The fraction of sp³-hybridized carbons (Fsp3) is 0.455. The Hall–Kier alpha value is -2.22. The van der Waals surface area contributed by atoms with E-state index in [-0.39, 0.29) is 23.9 Å². The first-order valence-electron chi connectivity index (χ1n) is 5.78. The number of hydrogen-bond donors (Lipinski definition) is 3. The third-order valence-corrected chi connectivity index (χ3v) is 2.65. The third-order valence-electron chi connectivity index (χ3n) is 2.65. The highest BCUT2D eigenvalue weighted by molar-refractivity contribution is 5.94. The second kappa shape index (κ2) is 6.64. The SMILES string of the molecule is CCC(CCO)NC(=O)c1cc([N+](=O)[O-])c[nH]c1=O. The zero-order valence-electron chi connectivity index (χ0n) is 10.4. The van der Waals surface area contributed by atoms with Gasteiger partial charge >= 0.3 is 0 Å². The summed E-state index contributed by atoms with van der Waals surface area (Å²) in [5.41, 5.74) is -1.37. The third kappa shape index (κ3) is 3.88. The molecular formula is C11H15N3O5. The fourth-order valence-electron chi connectivity index (χ4n) is 1.54. The van der Waals surface area contributed by atoms with Crippen LogP contribution in [-0.4, -0.2) is 33.6 Å². The van der Waals surface area contributed by atoms with E-state index in [0.717, 1.165) is 12.3 Å². The number of aliphatic hydroxyl groups excluding tert-OH is 1. The molecule has 1 amide bonds. The van der Waals surface area contributed by atoms with Crippen LogP contribution in [-0.2, 0) is 0 Å². The van der Waals surface area contributed by atoms with Crippen molar-refractivity contribution in [1.82, 2.24) is 10.3 Å². The van der Waals surface area contributed by atoms with Crippen LogP contribution in [0.3, 0.4) is 0 Å². The molecule has 0 saturated heterocycles. The zero-order chi connectivity index (χ0) is 14.4. The lowest BCUT2D eigenvalue weighted by Gasteiger charge is -2.15. The van der Waals surface area contributed by atoms with Crippen molar-refractivity contribution in [2.45, 2.75) is 25.8 Å². The largest absolute Gasteiger partial charge is 0.396 e. The molecule has 104 valence electrons. The van der Waals surface area contributed by atoms with E-state index >= 15 is 0 Å². The standard InChI is InChI=1S/C11H15N3O5/c1-2-7(3-4-15)13-11(17)9-5-8(14(18)19)6-12-10(9)16/h5-7,15H,2-4H2,1H3,(H,12,16)(H,13,17). The van der Waals surface area contributed by atoms with Crippen molar-refractivity contribution < 1.29 is 14.8 Å². The summed E-state index contributed by atoms with van der Waals surface area (Å²) in [5.74, 6) is -0.690. The second-order valence-electron chi connectivity index (χ2n) is 3.95. The maximum absolute atomic E-state index is 11.8. The van der Waals surface area contributed by atoms with Crippen LogP contribution in [0.1, 0.15) is 30.1 Å². The van der Waals surface area contributed by atoms with Crippen LogP contribution in [0.15, 0.2) is 17.1 Å². The van der Waals surface area contributed by atoms with Crippen molar-refractivity contribution in [2.24, 2.45) is 0 Å². The number of aromatic nitrogens is 1. The maximum Gasteiger partial charge on any atom is 0.286 e. The van der Waals surface area contributed by atoms with Crippen molar-refractivity contribution in [1.29, 1.82) is 0 Å². The molecule has 1 rings (SSSR count). The van der Waals surface area contributed by atoms with Gasteiger partial charge < -0.3 is 15.4 Å². The van der Waals surface area contributed by atoms with Gasteiger partial charge in [-0.1, -0.05) is 6.92 Å². The van der Waals surface area contributed by atoms with E-state index in [0.29, 0.717) is 12.8 Å². The van der Waals surface area contributed by atoms with Gasteiger partial charge in [-0.2, -0.15) is 0 Å². The quantitative estimate of drug-likeness (QED) is 0.501. The minimum Gasteiger partial charge on any atom is -0.396 e. The first-order valence-corrected chi connectivity index (χ1v) is 5.78. The molecule has 1 unspecified atom stereocenters. The Kier molecular flexibility index (Phi) is 5.19. The molecule has 1 atom stereocenters. The highest BCUT2D eigenvalue weighted by Gasteiger charge is 2.18. The van der Waals surface area contributed by atoms with Crippen molar-refractivity contribution in [3.8, 4) is 0 Å². The van der Waals surface area contributed by atoms with Gasteiger partial charge in [0.05, 0.1) is 11.1 Å². The van der Waals surface area contributed by atoms with Gasteiger partial charge in [0.25, 0.3) is 17.2 Å². The Morgan fingerprint density at radius 2 is 2.32 bits per heavy atom. The summed E-state index contributed by atoms with van der Waals surface area (Å²) in [5, 5.41) is 22.0. The summed E-state index contributed by atoms with van der Waals surface area (Å²) in [6.07, 6.45) is 1.87. The number of nitrogens with one attached hydrogen (secondary N) is 2. The molecule has 0 saturated carbocycles. The lowest BCUT2D eigenvalue weighted by Crippen LogP contribution is -2.37. The highest BCUT2D eigenvalue weighted by Crippen LogP contribution is 2.08. The molecule has 0 aromatic carbocycles. The van der Waals surface area contributed by atoms with E-state index in [9.17, 15) is 19.7 Å². The number of amides is 1. The highest BCUT2D eigenvalue weighted by atomic mass is 16.6. The molecule has 0 fully saturated rings. The normalized spacial score (nSPS) is 11.9. The Balaban J connectivity index is 2.95. The predicted molar refractivity (Wildman–Crippen MR) is 67.0 cm³/mol. The summed E-state index contributed by atoms with van der Waals surface area (Å²) >= 11 is 0. The molecule has 0 radical (unpaired) electrons. The number of carbonyl (C=O) groups is 1. The van der Waals surface area contributed by atoms with Crippen LogP contribution >= 0.6 is 0 Å². The van der Waals surface area contributed by atoms with E-state index in [1.165, 1.54) is 0 Å². The van der Waals surface area contributed by atoms with E-state index in [4.69, 9.17) is 5.11 Å². The molecule has 0 bridgehead atoms. The van der Waals surface area contributed by atoms with E-state index in [1.54, 1.807) is 0 Å². The van der Waals surface area contributed by atoms with Crippen molar-refractivity contribution in [2.75, 3.05) is 6.61 Å². The molecule has 19 heavy (non-hydrogen) atoms. The fourth-order valence-corrected chi connectivity index (χ4v) is 1.54. The monoisotopic (exact) mass is 269 g/mol. The summed E-state index contributed by atoms with van der Waals surface area (Å²) in [6, 6.07) is 0.649. The van der Waals surface area contributed by atoms with Crippen molar-refractivity contribution in [3.63, 3.8) is 0 Å². The molecule has 1 aromatic rings. The number of pyridine rings is 1. The number of hydrogen-bond acceptors (Lipinski definition) is 5. The van der Waals surface area contributed by atoms with Gasteiger partial charge in [-0.25, -0.2) is 0 Å². The predicted octanol–water partition coefficient (Wildman–Crippen LogP) is 0.174. The smallest absolute Gasteiger partial charge is 0.286 e. The van der Waals surface area contributed by atoms with E-state index < -0.39 is 16.4 Å². The van der Waals surface area contributed by atoms with Gasteiger partial charge in [0.2, 0.25) is 0 Å². The average molecular weight is 269 g/mol. The molecule has 0 aliphatic heterocycles. The average Bonchev–Trinajstić information content (AvgIpc) is 2.38. The molecule has 0 aliphatic rings. The molecular weight excluding hydrogens is 254 g/mol. The molecule has 1 heterocycles. The van der Waals surface area contributed by atoms with Crippen LogP contribution in [0.5, 0.6) is 0 Å². The van der Waals surface area contributed by atoms with Gasteiger partial charge in [0.1, 0.15) is 5.56 Å². The molecule has 8 heteroatoms. The van der Waals surface area contributed by atoms with Gasteiger partial charge in [0, 0.05) is 18.7 Å². The lowest BCUT2D eigenvalue weighted by molar-refractivity contribution is -0.385. The van der Waals surface area contributed by atoms with E-state index in [1.807, 2.05) is 6.92 Å². The first-order chi connectivity index (χ1) is 8.99. The Bertz CT molecular complexity index is 525. The number of aromatic amines is 1.